The molecule has 0 radical (unpaired) electrons. The van der Waals surface area contributed by atoms with Crippen LogP contribution in [0.2, 0.25) is 0 Å². The van der Waals surface area contributed by atoms with Crippen molar-refractivity contribution < 1.29 is 4.79 Å². The van der Waals surface area contributed by atoms with E-state index >= 15 is 0 Å². The maximum Gasteiger partial charge on any atom is 0.272 e. The summed E-state index contributed by atoms with van der Waals surface area (Å²) in [5.41, 5.74) is 0.504. The van der Waals surface area contributed by atoms with Gasteiger partial charge in [0.25, 0.3) is 5.91 Å². The van der Waals surface area contributed by atoms with Gasteiger partial charge in [-0.2, -0.15) is 0 Å². The highest BCUT2D eigenvalue weighted by Gasteiger charge is 2.27. The van der Waals surface area contributed by atoms with E-state index in [-0.39, 0.29) is 5.91 Å². The van der Waals surface area contributed by atoms with Gasteiger partial charge in [-0.15, -0.1) is 0 Å². The SMILES string of the molecule is CCCCNc1nccc(C(=O)N2CCCCC2CC)n1. The first-order valence-corrected chi connectivity index (χ1v) is 8.14. The predicted molar refractivity (Wildman–Crippen MR) is 84.4 cm³/mol. The van der Waals surface area contributed by atoms with Gasteiger partial charge in [-0.25, -0.2) is 9.97 Å². The second kappa shape index (κ2) is 7.96. The van der Waals surface area contributed by atoms with Gasteiger partial charge in [0.1, 0.15) is 5.69 Å². The number of carbonyl (C=O) groups is 1. The first-order chi connectivity index (χ1) is 10.3. The normalized spacial score (nSPS) is 18.6. The number of rotatable bonds is 6. The number of nitrogens with zero attached hydrogens (tertiary/aromatic N) is 3. The van der Waals surface area contributed by atoms with Gasteiger partial charge in [-0.3, -0.25) is 4.79 Å². The molecule has 1 atom stereocenters. The number of likely N-dealkylation sites (tertiary alicyclic amines) is 1. The highest BCUT2D eigenvalue weighted by Crippen LogP contribution is 2.21. The molecule has 21 heavy (non-hydrogen) atoms. The molecule has 1 unspecified atom stereocenters. The standard InChI is InChI=1S/C16H26N4O/c1-3-5-10-17-16-18-11-9-14(19-16)15(21)20-12-7-6-8-13(20)4-2/h9,11,13H,3-8,10,12H2,1-2H3,(H,17,18,19). The zero-order valence-electron chi connectivity index (χ0n) is 13.1. The van der Waals surface area contributed by atoms with Crippen LogP contribution in [0.4, 0.5) is 5.95 Å². The van der Waals surface area contributed by atoms with E-state index in [1.165, 1.54) is 6.42 Å². The molecule has 1 aromatic heterocycles. The molecule has 0 spiro atoms. The number of carbonyl (C=O) groups excluding carboxylic acids is 1. The third-order valence-electron chi connectivity index (χ3n) is 4.05. The summed E-state index contributed by atoms with van der Waals surface area (Å²) in [6.07, 6.45) is 8.29. The number of piperidine rings is 1. The van der Waals surface area contributed by atoms with Crippen molar-refractivity contribution in [3.63, 3.8) is 0 Å². The van der Waals surface area contributed by atoms with Crippen molar-refractivity contribution in [3.8, 4) is 0 Å². The Morgan fingerprint density at radius 3 is 3.05 bits per heavy atom. The molecule has 1 aliphatic rings. The summed E-state index contributed by atoms with van der Waals surface area (Å²) in [6, 6.07) is 2.08. The Morgan fingerprint density at radius 1 is 1.43 bits per heavy atom. The average molecular weight is 290 g/mol. The van der Waals surface area contributed by atoms with Crippen LogP contribution >= 0.6 is 0 Å². The van der Waals surface area contributed by atoms with Gasteiger partial charge in [0.15, 0.2) is 0 Å². The molecule has 0 aliphatic carbocycles. The van der Waals surface area contributed by atoms with Gasteiger partial charge in [0.2, 0.25) is 5.95 Å². The van der Waals surface area contributed by atoms with Crippen LogP contribution in [0.25, 0.3) is 0 Å². The molecule has 1 fully saturated rings. The van der Waals surface area contributed by atoms with E-state index in [9.17, 15) is 4.79 Å². The predicted octanol–water partition coefficient (Wildman–Crippen LogP) is 3.09. The number of amides is 1. The van der Waals surface area contributed by atoms with Crippen LogP contribution in [0.3, 0.4) is 0 Å². The lowest BCUT2D eigenvalue weighted by molar-refractivity contribution is 0.0602. The second-order valence-corrected chi connectivity index (χ2v) is 5.60. The molecule has 1 N–H and O–H groups in total. The third-order valence-corrected chi connectivity index (χ3v) is 4.05. The van der Waals surface area contributed by atoms with E-state index in [1.54, 1.807) is 12.3 Å². The fourth-order valence-corrected chi connectivity index (χ4v) is 2.78. The molecule has 5 heteroatoms. The Kier molecular flexibility index (Phi) is 5.96. The summed E-state index contributed by atoms with van der Waals surface area (Å²) in [7, 11) is 0. The van der Waals surface area contributed by atoms with E-state index in [1.807, 2.05) is 4.90 Å². The van der Waals surface area contributed by atoms with E-state index in [2.05, 4.69) is 29.1 Å². The molecule has 1 aromatic rings. The Balaban J connectivity index is 2.05. The van der Waals surface area contributed by atoms with Crippen molar-refractivity contribution in [3.05, 3.63) is 18.0 Å². The van der Waals surface area contributed by atoms with Crippen LogP contribution in [0.5, 0.6) is 0 Å². The van der Waals surface area contributed by atoms with Gasteiger partial charge < -0.3 is 10.2 Å². The number of hydrogen-bond acceptors (Lipinski definition) is 4. The number of aromatic nitrogens is 2. The van der Waals surface area contributed by atoms with Gasteiger partial charge in [-0.05, 0) is 38.2 Å². The first-order valence-electron chi connectivity index (χ1n) is 8.14. The zero-order valence-corrected chi connectivity index (χ0v) is 13.1. The number of hydrogen-bond donors (Lipinski definition) is 1. The van der Waals surface area contributed by atoms with Gasteiger partial charge in [0, 0.05) is 25.3 Å². The second-order valence-electron chi connectivity index (χ2n) is 5.60. The summed E-state index contributed by atoms with van der Waals surface area (Å²) >= 11 is 0. The minimum Gasteiger partial charge on any atom is -0.354 e. The quantitative estimate of drug-likeness (QED) is 0.818. The monoisotopic (exact) mass is 290 g/mol. The largest absolute Gasteiger partial charge is 0.354 e. The van der Waals surface area contributed by atoms with E-state index < -0.39 is 0 Å². The molecule has 1 amide bonds. The minimum absolute atomic E-state index is 0.0440. The Hall–Kier alpha value is -1.65. The smallest absolute Gasteiger partial charge is 0.272 e. The molecular weight excluding hydrogens is 264 g/mol. The average Bonchev–Trinajstić information content (AvgIpc) is 2.54. The molecule has 0 saturated carbocycles. The molecule has 1 aliphatic heterocycles. The van der Waals surface area contributed by atoms with E-state index in [0.717, 1.165) is 45.2 Å². The molecule has 116 valence electrons. The lowest BCUT2D eigenvalue weighted by Crippen LogP contribution is -2.43. The van der Waals surface area contributed by atoms with Crippen molar-refractivity contribution in [2.45, 2.75) is 58.4 Å². The summed E-state index contributed by atoms with van der Waals surface area (Å²) in [5, 5.41) is 3.18. The molecular formula is C16H26N4O. The number of anilines is 1. The lowest BCUT2D eigenvalue weighted by atomic mass is 9.99. The fraction of sp³-hybridized carbons (Fsp3) is 0.688. The number of nitrogens with one attached hydrogen (secondary N) is 1. The topological polar surface area (TPSA) is 58.1 Å². The highest BCUT2D eigenvalue weighted by molar-refractivity contribution is 5.92. The molecule has 1 saturated heterocycles. The van der Waals surface area contributed by atoms with Crippen molar-refractivity contribution in [2.24, 2.45) is 0 Å². The molecule has 5 nitrogen and oxygen atoms in total. The summed E-state index contributed by atoms with van der Waals surface area (Å²) < 4.78 is 0. The Morgan fingerprint density at radius 2 is 2.29 bits per heavy atom. The van der Waals surface area contributed by atoms with E-state index in [0.29, 0.717) is 17.7 Å². The van der Waals surface area contributed by atoms with Crippen LogP contribution in [0.15, 0.2) is 12.3 Å². The lowest BCUT2D eigenvalue weighted by Gasteiger charge is -2.35. The third kappa shape index (κ3) is 4.16. The summed E-state index contributed by atoms with van der Waals surface area (Å²) in [5.74, 6) is 0.599. The molecule has 0 aromatic carbocycles. The molecule has 2 rings (SSSR count). The number of unbranched alkanes of at least 4 members (excludes halogenated alkanes) is 1. The van der Waals surface area contributed by atoms with Crippen LogP contribution in [-0.4, -0.2) is 39.9 Å². The maximum atomic E-state index is 12.7. The Labute approximate surface area is 127 Å². The van der Waals surface area contributed by atoms with Crippen LogP contribution in [0, 0.1) is 0 Å². The maximum absolute atomic E-state index is 12.7. The van der Waals surface area contributed by atoms with Crippen molar-refractivity contribution in [1.29, 1.82) is 0 Å². The molecule has 2 heterocycles. The minimum atomic E-state index is 0.0440. The van der Waals surface area contributed by atoms with Crippen LogP contribution < -0.4 is 5.32 Å². The van der Waals surface area contributed by atoms with E-state index in [4.69, 9.17) is 0 Å². The van der Waals surface area contributed by atoms with Gasteiger partial charge >= 0.3 is 0 Å². The Bertz CT molecular complexity index is 463. The van der Waals surface area contributed by atoms with Crippen LogP contribution in [-0.2, 0) is 0 Å². The highest BCUT2D eigenvalue weighted by atomic mass is 16.2. The summed E-state index contributed by atoms with van der Waals surface area (Å²) in [6.45, 7) is 5.98. The van der Waals surface area contributed by atoms with Crippen molar-refractivity contribution in [2.75, 3.05) is 18.4 Å². The van der Waals surface area contributed by atoms with Crippen molar-refractivity contribution in [1.82, 2.24) is 14.9 Å². The first kappa shape index (κ1) is 15.7. The van der Waals surface area contributed by atoms with Crippen LogP contribution in [0.1, 0.15) is 62.9 Å². The molecule has 0 bridgehead atoms. The van der Waals surface area contributed by atoms with Crippen molar-refractivity contribution >= 4 is 11.9 Å². The zero-order chi connectivity index (χ0) is 15.1. The fourth-order valence-electron chi connectivity index (χ4n) is 2.78. The summed E-state index contributed by atoms with van der Waals surface area (Å²) in [4.78, 5) is 23.2. The van der Waals surface area contributed by atoms with Gasteiger partial charge in [-0.1, -0.05) is 20.3 Å². The van der Waals surface area contributed by atoms with Gasteiger partial charge in [0.05, 0.1) is 0 Å².